The summed E-state index contributed by atoms with van der Waals surface area (Å²) in [5, 5.41) is 2.80. The summed E-state index contributed by atoms with van der Waals surface area (Å²) < 4.78 is 19.7. The van der Waals surface area contributed by atoms with Crippen molar-refractivity contribution >= 4 is 34.8 Å². The van der Waals surface area contributed by atoms with Gasteiger partial charge >= 0.3 is 0 Å². The molecule has 0 bridgehead atoms. The summed E-state index contributed by atoms with van der Waals surface area (Å²) in [4.78, 5) is 42.7. The van der Waals surface area contributed by atoms with Gasteiger partial charge in [0.1, 0.15) is 5.82 Å². The Morgan fingerprint density at radius 3 is 2.53 bits per heavy atom. The molecule has 0 radical (unpaired) electrons. The molecule has 1 N–H and O–H groups in total. The third-order valence-corrected chi connectivity index (χ3v) is 6.15. The molecule has 2 fully saturated rings. The lowest BCUT2D eigenvalue weighted by molar-refractivity contribution is -0.137. The van der Waals surface area contributed by atoms with E-state index in [9.17, 15) is 18.8 Å². The Kier molecular flexibility index (Phi) is 7.12. The molecule has 9 heteroatoms. The number of halogens is 1. The van der Waals surface area contributed by atoms with E-state index in [1.807, 2.05) is 24.3 Å². The van der Waals surface area contributed by atoms with Gasteiger partial charge in [-0.3, -0.25) is 14.4 Å². The van der Waals surface area contributed by atoms with Crippen LogP contribution in [-0.4, -0.2) is 69.1 Å². The average Bonchev–Trinajstić information content (AvgIpc) is 3.20. The lowest BCUT2D eigenvalue weighted by Crippen LogP contribution is -2.39. The first-order valence-electron chi connectivity index (χ1n) is 11.4. The number of morpholine rings is 1. The van der Waals surface area contributed by atoms with Gasteiger partial charge < -0.3 is 24.8 Å². The van der Waals surface area contributed by atoms with Gasteiger partial charge in [0.15, 0.2) is 0 Å². The lowest BCUT2D eigenvalue weighted by atomic mass is 10.1. The number of anilines is 3. The van der Waals surface area contributed by atoms with E-state index in [0.717, 1.165) is 24.3 Å². The van der Waals surface area contributed by atoms with Gasteiger partial charge in [0.25, 0.3) is 0 Å². The molecular formula is C25H29FN4O4. The van der Waals surface area contributed by atoms with E-state index in [0.29, 0.717) is 18.9 Å². The van der Waals surface area contributed by atoms with E-state index >= 15 is 0 Å². The van der Waals surface area contributed by atoms with Gasteiger partial charge in [0.2, 0.25) is 17.7 Å². The number of nitrogens with one attached hydrogen (secondary N) is 1. The molecule has 2 aromatic carbocycles. The van der Waals surface area contributed by atoms with E-state index < -0.39 is 11.7 Å². The average molecular weight is 469 g/mol. The highest BCUT2D eigenvalue weighted by Gasteiger charge is 2.37. The molecule has 0 spiro atoms. The Bertz CT molecular complexity index is 1070. The maximum absolute atomic E-state index is 14.3. The van der Waals surface area contributed by atoms with Crippen LogP contribution in [0, 0.1) is 18.7 Å². The molecule has 180 valence electrons. The van der Waals surface area contributed by atoms with E-state index in [2.05, 4.69) is 10.2 Å². The standard InChI is InChI=1S/C25H29FN4O4/c1-17-3-8-22(21(26)13-17)30-15-18(14-24(30)32)25(33)28(2)16-23(31)27-19-4-6-20(7-5-19)29-9-11-34-12-10-29/h3-8,13,18H,9-12,14-16H2,1-2H3,(H,27,31). The van der Waals surface area contributed by atoms with Crippen LogP contribution in [0.25, 0.3) is 0 Å². The summed E-state index contributed by atoms with van der Waals surface area (Å²) in [5.74, 6) is -2.08. The molecule has 1 atom stereocenters. The molecule has 0 aliphatic carbocycles. The van der Waals surface area contributed by atoms with Crippen LogP contribution in [0.1, 0.15) is 12.0 Å². The molecule has 3 amide bonds. The first kappa shape index (κ1) is 23.7. The van der Waals surface area contributed by atoms with Crippen molar-refractivity contribution in [1.82, 2.24) is 4.90 Å². The number of nitrogens with zero attached hydrogens (tertiary/aromatic N) is 3. The van der Waals surface area contributed by atoms with Gasteiger partial charge in [-0.1, -0.05) is 6.07 Å². The smallest absolute Gasteiger partial charge is 0.243 e. The predicted molar refractivity (Wildman–Crippen MR) is 127 cm³/mol. The highest BCUT2D eigenvalue weighted by Crippen LogP contribution is 2.29. The number of aryl methyl sites for hydroxylation is 1. The van der Waals surface area contributed by atoms with Gasteiger partial charge in [-0.15, -0.1) is 0 Å². The van der Waals surface area contributed by atoms with Crippen LogP contribution in [0.5, 0.6) is 0 Å². The van der Waals surface area contributed by atoms with Crippen molar-refractivity contribution in [2.24, 2.45) is 5.92 Å². The number of hydrogen-bond acceptors (Lipinski definition) is 5. The zero-order valence-corrected chi connectivity index (χ0v) is 19.4. The lowest BCUT2D eigenvalue weighted by Gasteiger charge is -2.29. The maximum Gasteiger partial charge on any atom is 0.243 e. The quantitative estimate of drug-likeness (QED) is 0.704. The summed E-state index contributed by atoms with van der Waals surface area (Å²) in [6.45, 7) is 4.77. The third-order valence-electron chi connectivity index (χ3n) is 6.15. The zero-order valence-electron chi connectivity index (χ0n) is 19.4. The molecule has 2 heterocycles. The molecule has 4 rings (SSSR count). The second-order valence-corrected chi connectivity index (χ2v) is 8.75. The first-order chi connectivity index (χ1) is 16.3. The molecule has 34 heavy (non-hydrogen) atoms. The minimum Gasteiger partial charge on any atom is -0.378 e. The largest absolute Gasteiger partial charge is 0.378 e. The number of rotatable bonds is 6. The van der Waals surface area contributed by atoms with Crippen molar-refractivity contribution in [3.8, 4) is 0 Å². The number of benzene rings is 2. The molecule has 0 aromatic heterocycles. The Hall–Kier alpha value is -3.46. The van der Waals surface area contributed by atoms with Crippen LogP contribution in [0.15, 0.2) is 42.5 Å². The van der Waals surface area contributed by atoms with Gasteiger partial charge in [0.05, 0.1) is 31.4 Å². The minimum absolute atomic E-state index is 0.0128. The highest BCUT2D eigenvalue weighted by molar-refractivity contribution is 6.01. The molecule has 8 nitrogen and oxygen atoms in total. The second-order valence-electron chi connectivity index (χ2n) is 8.75. The van der Waals surface area contributed by atoms with E-state index in [4.69, 9.17) is 4.74 Å². The fourth-order valence-electron chi connectivity index (χ4n) is 4.32. The summed E-state index contributed by atoms with van der Waals surface area (Å²) in [7, 11) is 1.53. The SMILES string of the molecule is Cc1ccc(N2CC(C(=O)N(C)CC(=O)Nc3ccc(N4CCOCC4)cc3)CC2=O)c(F)c1. The summed E-state index contributed by atoms with van der Waals surface area (Å²) in [6, 6.07) is 12.2. The van der Waals surface area contributed by atoms with Crippen LogP contribution in [0.2, 0.25) is 0 Å². The Labute approximate surface area is 198 Å². The molecule has 1 unspecified atom stereocenters. The van der Waals surface area contributed by atoms with Crippen molar-refractivity contribution < 1.29 is 23.5 Å². The van der Waals surface area contributed by atoms with Gasteiger partial charge in [-0.05, 0) is 48.9 Å². The van der Waals surface area contributed by atoms with Crippen LogP contribution >= 0.6 is 0 Å². The Balaban J connectivity index is 1.30. The van der Waals surface area contributed by atoms with E-state index in [1.54, 1.807) is 19.1 Å². The zero-order chi connectivity index (χ0) is 24.2. The third kappa shape index (κ3) is 5.36. The van der Waals surface area contributed by atoms with Crippen LogP contribution in [-0.2, 0) is 19.1 Å². The number of ether oxygens (including phenoxy) is 1. The molecule has 2 aromatic rings. The summed E-state index contributed by atoms with van der Waals surface area (Å²) >= 11 is 0. The number of amides is 3. The van der Waals surface area contributed by atoms with Gasteiger partial charge in [-0.25, -0.2) is 4.39 Å². The Morgan fingerprint density at radius 1 is 1.15 bits per heavy atom. The normalized spacial score (nSPS) is 18.2. The molecule has 2 saturated heterocycles. The van der Waals surface area contributed by atoms with E-state index in [-0.39, 0.29) is 42.9 Å². The Morgan fingerprint density at radius 2 is 1.85 bits per heavy atom. The fraction of sp³-hybridized carbons (Fsp3) is 0.400. The number of hydrogen-bond donors (Lipinski definition) is 1. The number of carbonyl (C=O) groups excluding carboxylic acids is 3. The topological polar surface area (TPSA) is 82.2 Å². The minimum atomic E-state index is -0.626. The molecule has 2 aliphatic heterocycles. The van der Waals surface area contributed by atoms with Crippen molar-refractivity contribution in [3.63, 3.8) is 0 Å². The van der Waals surface area contributed by atoms with Crippen LogP contribution in [0.4, 0.5) is 21.5 Å². The molecule has 2 aliphatic rings. The van der Waals surface area contributed by atoms with Crippen LogP contribution in [0.3, 0.4) is 0 Å². The first-order valence-corrected chi connectivity index (χ1v) is 11.4. The predicted octanol–water partition coefficient (Wildman–Crippen LogP) is 2.42. The number of carbonyl (C=O) groups is 3. The van der Waals surface area contributed by atoms with Crippen molar-refractivity contribution in [3.05, 3.63) is 53.8 Å². The van der Waals surface area contributed by atoms with Gasteiger partial charge in [-0.2, -0.15) is 0 Å². The van der Waals surface area contributed by atoms with E-state index in [1.165, 1.54) is 22.9 Å². The van der Waals surface area contributed by atoms with Crippen molar-refractivity contribution in [2.45, 2.75) is 13.3 Å². The maximum atomic E-state index is 14.3. The molecular weight excluding hydrogens is 439 g/mol. The van der Waals surface area contributed by atoms with Crippen molar-refractivity contribution in [2.75, 3.05) is 61.6 Å². The second kappa shape index (κ2) is 10.2. The highest BCUT2D eigenvalue weighted by atomic mass is 19.1. The fourth-order valence-corrected chi connectivity index (χ4v) is 4.32. The van der Waals surface area contributed by atoms with Crippen LogP contribution < -0.4 is 15.1 Å². The monoisotopic (exact) mass is 468 g/mol. The molecule has 0 saturated carbocycles. The summed E-state index contributed by atoms with van der Waals surface area (Å²) in [5.41, 5.74) is 2.63. The number of likely N-dealkylation sites (N-methyl/N-ethyl adjacent to an activating group) is 1. The summed E-state index contributed by atoms with van der Waals surface area (Å²) in [6.07, 6.45) is -0.0128. The van der Waals surface area contributed by atoms with Crippen molar-refractivity contribution in [1.29, 1.82) is 0 Å². The van der Waals surface area contributed by atoms with Gasteiger partial charge in [0, 0.05) is 44.5 Å².